The number of halogens is 1. The van der Waals surface area contributed by atoms with E-state index in [-0.39, 0.29) is 23.9 Å². The van der Waals surface area contributed by atoms with Crippen molar-refractivity contribution in [3.63, 3.8) is 0 Å². The van der Waals surface area contributed by atoms with Gasteiger partial charge in [-0.15, -0.1) is 0 Å². The second-order valence-electron chi connectivity index (χ2n) is 4.96. The zero-order valence-corrected chi connectivity index (χ0v) is 14.2. The molecule has 0 aliphatic heterocycles. The van der Waals surface area contributed by atoms with Gasteiger partial charge in [0.15, 0.2) is 0 Å². The molecular weight excluding hydrogens is 330 g/mol. The molecule has 126 valence electrons. The highest BCUT2D eigenvalue weighted by Gasteiger charge is 2.13. The van der Waals surface area contributed by atoms with Gasteiger partial charge in [-0.25, -0.2) is 4.98 Å². The Bertz CT molecular complexity index is 750. The van der Waals surface area contributed by atoms with Crippen LogP contribution in [0.4, 0.5) is 5.69 Å². The monoisotopic (exact) mass is 347 g/mol. The molecule has 7 heteroatoms. The fourth-order valence-electron chi connectivity index (χ4n) is 2.08. The van der Waals surface area contributed by atoms with Gasteiger partial charge in [0.05, 0.1) is 17.2 Å². The third-order valence-electron chi connectivity index (χ3n) is 3.10. The van der Waals surface area contributed by atoms with Crippen molar-refractivity contribution in [2.45, 2.75) is 20.4 Å². The van der Waals surface area contributed by atoms with Crippen LogP contribution in [-0.2, 0) is 11.3 Å². The summed E-state index contributed by atoms with van der Waals surface area (Å²) in [6.45, 7) is 4.00. The molecular formula is C17H18ClN3O3. The Morgan fingerprint density at radius 1 is 1.29 bits per heavy atom. The number of benzene rings is 1. The molecule has 0 fully saturated rings. The van der Waals surface area contributed by atoms with Crippen molar-refractivity contribution in [1.82, 2.24) is 10.3 Å². The molecule has 0 spiro atoms. The highest BCUT2D eigenvalue weighted by Crippen LogP contribution is 2.21. The maximum absolute atomic E-state index is 12.4. The van der Waals surface area contributed by atoms with Crippen LogP contribution in [0, 0.1) is 0 Å². The summed E-state index contributed by atoms with van der Waals surface area (Å²) in [6.07, 6.45) is 1.63. The van der Waals surface area contributed by atoms with Gasteiger partial charge in [-0.05, 0) is 31.2 Å². The first kappa shape index (κ1) is 17.7. The number of rotatable bonds is 6. The maximum Gasteiger partial charge on any atom is 0.253 e. The number of amides is 2. The Kier molecular flexibility index (Phi) is 6.14. The first-order valence-electron chi connectivity index (χ1n) is 7.43. The van der Waals surface area contributed by atoms with Crippen molar-refractivity contribution in [3.05, 3.63) is 52.7 Å². The Labute approximate surface area is 145 Å². The van der Waals surface area contributed by atoms with E-state index in [4.69, 9.17) is 16.3 Å². The fourth-order valence-corrected chi connectivity index (χ4v) is 2.28. The van der Waals surface area contributed by atoms with Gasteiger partial charge in [0.1, 0.15) is 0 Å². The van der Waals surface area contributed by atoms with Crippen LogP contribution in [0.2, 0.25) is 5.02 Å². The molecule has 0 bridgehead atoms. The summed E-state index contributed by atoms with van der Waals surface area (Å²) in [7, 11) is 0. The molecule has 6 nitrogen and oxygen atoms in total. The van der Waals surface area contributed by atoms with Gasteiger partial charge in [0.2, 0.25) is 11.8 Å². The van der Waals surface area contributed by atoms with Gasteiger partial charge in [0, 0.05) is 30.9 Å². The number of hydrogen-bond donors (Lipinski definition) is 2. The lowest BCUT2D eigenvalue weighted by atomic mass is 10.1. The number of anilines is 1. The summed E-state index contributed by atoms with van der Waals surface area (Å²) in [5.74, 6) is -0.0858. The predicted molar refractivity (Wildman–Crippen MR) is 92.3 cm³/mol. The van der Waals surface area contributed by atoms with E-state index in [0.717, 1.165) is 5.56 Å². The lowest BCUT2D eigenvalue weighted by molar-refractivity contribution is -0.114. The van der Waals surface area contributed by atoms with Gasteiger partial charge in [-0.2, -0.15) is 0 Å². The molecule has 24 heavy (non-hydrogen) atoms. The summed E-state index contributed by atoms with van der Waals surface area (Å²) in [5.41, 5.74) is 1.56. The summed E-state index contributed by atoms with van der Waals surface area (Å²) in [6, 6.07) is 8.33. The Morgan fingerprint density at radius 2 is 2.08 bits per heavy atom. The molecule has 2 N–H and O–H groups in total. The summed E-state index contributed by atoms with van der Waals surface area (Å²) < 4.78 is 5.43. The van der Waals surface area contributed by atoms with Crippen LogP contribution in [0.25, 0.3) is 0 Å². The largest absolute Gasteiger partial charge is 0.478 e. The number of pyridine rings is 1. The number of ether oxygens (including phenoxy) is 1. The molecule has 1 aromatic heterocycles. The topological polar surface area (TPSA) is 80.3 Å². The molecule has 0 radical (unpaired) electrons. The van der Waals surface area contributed by atoms with Crippen LogP contribution in [0.15, 0.2) is 36.5 Å². The van der Waals surface area contributed by atoms with E-state index in [1.165, 1.54) is 13.0 Å². The normalized spacial score (nSPS) is 10.1. The minimum Gasteiger partial charge on any atom is -0.478 e. The number of nitrogens with one attached hydrogen (secondary N) is 2. The zero-order chi connectivity index (χ0) is 17.5. The summed E-state index contributed by atoms with van der Waals surface area (Å²) in [5, 5.41) is 5.70. The maximum atomic E-state index is 12.4. The van der Waals surface area contributed by atoms with Crippen LogP contribution >= 0.6 is 11.6 Å². The summed E-state index contributed by atoms with van der Waals surface area (Å²) in [4.78, 5) is 27.6. The van der Waals surface area contributed by atoms with Crippen LogP contribution < -0.4 is 15.4 Å². The number of aromatic nitrogens is 1. The Morgan fingerprint density at radius 3 is 2.79 bits per heavy atom. The third kappa shape index (κ3) is 4.70. The number of carbonyl (C=O) groups is 2. The first-order chi connectivity index (χ1) is 11.5. The summed E-state index contributed by atoms with van der Waals surface area (Å²) >= 11 is 6.08. The lowest BCUT2D eigenvalue weighted by Crippen LogP contribution is -2.24. The third-order valence-corrected chi connectivity index (χ3v) is 3.43. The molecule has 2 rings (SSSR count). The van der Waals surface area contributed by atoms with Crippen molar-refractivity contribution in [2.24, 2.45) is 0 Å². The highest BCUT2D eigenvalue weighted by atomic mass is 35.5. The van der Waals surface area contributed by atoms with Gasteiger partial charge in [0.25, 0.3) is 5.91 Å². The highest BCUT2D eigenvalue weighted by molar-refractivity contribution is 6.34. The Hall–Kier alpha value is -2.60. The van der Waals surface area contributed by atoms with E-state index < -0.39 is 0 Å². The molecule has 0 atom stereocenters. The van der Waals surface area contributed by atoms with E-state index >= 15 is 0 Å². The molecule has 2 aromatic rings. The van der Waals surface area contributed by atoms with Crippen molar-refractivity contribution in [3.8, 4) is 5.88 Å². The number of hydrogen-bond acceptors (Lipinski definition) is 4. The SMILES string of the molecule is CCOc1ncccc1CNC(=O)c1cc(NC(C)=O)ccc1Cl. The molecule has 0 unspecified atom stereocenters. The molecule has 2 amide bonds. The molecule has 1 aromatic carbocycles. The average molecular weight is 348 g/mol. The second kappa shape index (κ2) is 8.31. The van der Waals surface area contributed by atoms with Gasteiger partial charge in [-0.3, -0.25) is 9.59 Å². The first-order valence-corrected chi connectivity index (χ1v) is 7.81. The van der Waals surface area contributed by atoms with E-state index in [2.05, 4.69) is 15.6 Å². The van der Waals surface area contributed by atoms with Crippen molar-refractivity contribution >= 4 is 29.1 Å². The minimum absolute atomic E-state index is 0.222. The number of carbonyl (C=O) groups excluding carboxylic acids is 2. The molecule has 0 aliphatic rings. The average Bonchev–Trinajstić information content (AvgIpc) is 2.55. The molecule has 0 aliphatic carbocycles. The van der Waals surface area contributed by atoms with Crippen LogP contribution in [0.5, 0.6) is 5.88 Å². The van der Waals surface area contributed by atoms with Gasteiger partial charge >= 0.3 is 0 Å². The minimum atomic E-state index is -0.349. The van der Waals surface area contributed by atoms with Crippen LogP contribution in [-0.4, -0.2) is 23.4 Å². The predicted octanol–water partition coefficient (Wildman–Crippen LogP) is 3.02. The number of nitrogens with zero attached hydrogens (tertiary/aromatic N) is 1. The van der Waals surface area contributed by atoms with Gasteiger partial charge in [-0.1, -0.05) is 17.7 Å². The molecule has 0 saturated heterocycles. The molecule has 1 heterocycles. The van der Waals surface area contributed by atoms with E-state index in [9.17, 15) is 9.59 Å². The van der Waals surface area contributed by atoms with Crippen molar-refractivity contribution in [1.29, 1.82) is 0 Å². The van der Waals surface area contributed by atoms with Crippen LogP contribution in [0.1, 0.15) is 29.8 Å². The Balaban J connectivity index is 2.11. The quantitative estimate of drug-likeness (QED) is 0.841. The van der Waals surface area contributed by atoms with E-state index in [1.807, 2.05) is 13.0 Å². The fraction of sp³-hybridized carbons (Fsp3) is 0.235. The van der Waals surface area contributed by atoms with Crippen LogP contribution in [0.3, 0.4) is 0 Å². The van der Waals surface area contributed by atoms with Gasteiger partial charge < -0.3 is 15.4 Å². The van der Waals surface area contributed by atoms with Crippen molar-refractivity contribution in [2.75, 3.05) is 11.9 Å². The lowest BCUT2D eigenvalue weighted by Gasteiger charge is -2.11. The van der Waals surface area contributed by atoms with E-state index in [1.54, 1.807) is 24.4 Å². The van der Waals surface area contributed by atoms with E-state index in [0.29, 0.717) is 23.2 Å². The standard InChI is InChI=1S/C17H18ClN3O3/c1-3-24-17-12(5-4-8-19-17)10-20-16(23)14-9-13(21-11(2)22)6-7-15(14)18/h4-9H,3,10H2,1-2H3,(H,20,23)(H,21,22). The van der Waals surface area contributed by atoms with Crippen molar-refractivity contribution < 1.29 is 14.3 Å². The smallest absolute Gasteiger partial charge is 0.253 e. The zero-order valence-electron chi connectivity index (χ0n) is 13.4. The second-order valence-corrected chi connectivity index (χ2v) is 5.37. The molecule has 0 saturated carbocycles.